The number of carbonyl (C=O) groups excluding carboxylic acids is 2. The molecule has 7 nitrogen and oxygen atoms in total. The van der Waals surface area contributed by atoms with Gasteiger partial charge < -0.3 is 20.6 Å². The van der Waals surface area contributed by atoms with Crippen molar-refractivity contribution in [3.8, 4) is 10.4 Å². The van der Waals surface area contributed by atoms with Gasteiger partial charge in [0.2, 0.25) is 11.8 Å². The van der Waals surface area contributed by atoms with E-state index in [1.807, 2.05) is 57.5 Å². The van der Waals surface area contributed by atoms with Crippen molar-refractivity contribution >= 4 is 45.7 Å². The molecule has 2 amide bonds. The molecule has 2 aromatic rings. The highest BCUT2D eigenvalue weighted by Crippen LogP contribution is 2.28. The van der Waals surface area contributed by atoms with Crippen molar-refractivity contribution in [2.45, 2.75) is 91.0 Å². The van der Waals surface area contributed by atoms with Crippen LogP contribution in [0.1, 0.15) is 70.6 Å². The second-order valence-electron chi connectivity index (χ2n) is 11.3. The normalized spacial score (nSPS) is 18.5. The van der Waals surface area contributed by atoms with E-state index in [0.29, 0.717) is 6.54 Å². The van der Waals surface area contributed by atoms with E-state index in [1.54, 1.807) is 16.2 Å². The van der Waals surface area contributed by atoms with Gasteiger partial charge in [-0.3, -0.25) is 9.59 Å². The number of nitrogens with zero attached hydrogens (tertiary/aromatic N) is 2. The molecule has 2 heterocycles. The van der Waals surface area contributed by atoms with Gasteiger partial charge in [0.1, 0.15) is 6.04 Å². The first-order valence-corrected chi connectivity index (χ1v) is 16.1. The maximum absolute atomic E-state index is 13.7. The number of carbonyl (C=O) groups is 2. The molecular formula is C29H43IN4O3S. The summed E-state index contributed by atoms with van der Waals surface area (Å²) in [6.07, 6.45) is 5.46. The molecule has 0 spiro atoms. The molecule has 1 aromatic heterocycles. The van der Waals surface area contributed by atoms with Crippen molar-refractivity contribution in [1.29, 1.82) is 0 Å². The van der Waals surface area contributed by atoms with Crippen molar-refractivity contribution in [2.24, 2.45) is 5.41 Å². The van der Waals surface area contributed by atoms with Crippen LogP contribution in [0.5, 0.6) is 0 Å². The van der Waals surface area contributed by atoms with Gasteiger partial charge in [-0.05, 0) is 47.3 Å². The maximum Gasteiger partial charge on any atom is 0.243 e. The quantitative estimate of drug-likeness (QED) is 0.159. The minimum atomic E-state index is -0.699. The zero-order chi connectivity index (χ0) is 27.7. The maximum atomic E-state index is 13.7. The Morgan fingerprint density at radius 1 is 1.16 bits per heavy atom. The van der Waals surface area contributed by atoms with Crippen molar-refractivity contribution in [2.75, 3.05) is 17.5 Å². The van der Waals surface area contributed by atoms with E-state index in [-0.39, 0.29) is 30.2 Å². The van der Waals surface area contributed by atoms with Crippen LogP contribution in [0.4, 0.5) is 0 Å². The Labute approximate surface area is 245 Å². The number of aliphatic hydroxyl groups excluding tert-OH is 1. The Morgan fingerprint density at radius 2 is 1.84 bits per heavy atom. The molecule has 0 unspecified atom stereocenters. The largest absolute Gasteiger partial charge is 0.391 e. The van der Waals surface area contributed by atoms with Crippen LogP contribution in [0.15, 0.2) is 29.8 Å². The van der Waals surface area contributed by atoms with Gasteiger partial charge in [-0.2, -0.15) is 0 Å². The first-order chi connectivity index (χ1) is 18.1. The molecule has 210 valence electrons. The molecule has 1 aliphatic rings. The van der Waals surface area contributed by atoms with Gasteiger partial charge >= 0.3 is 0 Å². The number of benzene rings is 1. The lowest BCUT2D eigenvalue weighted by Crippen LogP contribution is -2.56. The van der Waals surface area contributed by atoms with E-state index < -0.39 is 18.2 Å². The highest BCUT2D eigenvalue weighted by atomic mass is 127. The number of aromatic nitrogens is 1. The molecule has 0 saturated carbocycles. The average molecular weight is 655 g/mol. The Bertz CT molecular complexity index is 1040. The zero-order valence-corrected chi connectivity index (χ0v) is 26.1. The molecule has 1 fully saturated rings. The molecule has 1 aliphatic heterocycles. The molecule has 3 rings (SSSR count). The van der Waals surface area contributed by atoms with E-state index in [4.69, 9.17) is 0 Å². The number of aryl methyl sites for hydroxylation is 1. The minimum absolute atomic E-state index is 0.108. The van der Waals surface area contributed by atoms with Crippen LogP contribution in [0, 0.1) is 12.3 Å². The van der Waals surface area contributed by atoms with Crippen molar-refractivity contribution in [3.05, 3.63) is 41.0 Å². The number of alkyl halides is 1. The second-order valence-corrected chi connectivity index (χ2v) is 13.2. The van der Waals surface area contributed by atoms with E-state index in [0.717, 1.165) is 41.1 Å². The molecule has 1 saturated heterocycles. The van der Waals surface area contributed by atoms with Crippen molar-refractivity contribution in [3.63, 3.8) is 0 Å². The summed E-state index contributed by atoms with van der Waals surface area (Å²) in [6, 6.07) is 7.00. The predicted octanol–water partition coefficient (Wildman–Crippen LogP) is 5.09. The minimum Gasteiger partial charge on any atom is -0.391 e. The number of rotatable bonds is 13. The topological polar surface area (TPSA) is 94.6 Å². The summed E-state index contributed by atoms with van der Waals surface area (Å²) in [5.41, 5.74) is 4.63. The number of nitrogens with one attached hydrogen (secondary N) is 2. The highest BCUT2D eigenvalue weighted by Gasteiger charge is 2.43. The molecule has 3 atom stereocenters. The number of unbranched alkanes of at least 4 members (excludes halogenated alkanes) is 4. The number of halogens is 1. The van der Waals surface area contributed by atoms with E-state index in [9.17, 15) is 14.7 Å². The van der Waals surface area contributed by atoms with Crippen molar-refractivity contribution < 1.29 is 14.7 Å². The fourth-order valence-corrected chi connectivity index (χ4v) is 6.24. The first-order valence-electron chi connectivity index (χ1n) is 13.7. The molecule has 3 N–H and O–H groups in total. The van der Waals surface area contributed by atoms with Crippen LogP contribution in [0.3, 0.4) is 0 Å². The molecule has 0 radical (unpaired) electrons. The standard InChI is InChI=1S/C29H43IN4O3S/c1-20-25(38-19-33-20)22-12-10-21(11-13-22)17-32-27(36)24-16-23(35)18-34(24)28(37)26(29(2,3)4)31-15-9-7-5-6-8-14-30/h10-13,19,23-24,26,31,35H,5-9,14-18H2,1-4H3,(H,32,36)/t23-,24+,26-/m1/s1. The lowest BCUT2D eigenvalue weighted by molar-refractivity contribution is -0.142. The van der Waals surface area contributed by atoms with E-state index in [1.165, 1.54) is 23.7 Å². The van der Waals surface area contributed by atoms with Gasteiger partial charge in [0.15, 0.2) is 0 Å². The first kappa shape index (κ1) is 31.0. The number of aliphatic hydroxyl groups is 1. The Kier molecular flexibility index (Phi) is 12.0. The monoisotopic (exact) mass is 654 g/mol. The van der Waals surface area contributed by atoms with Crippen molar-refractivity contribution in [1.82, 2.24) is 20.5 Å². The van der Waals surface area contributed by atoms with E-state index in [2.05, 4.69) is 38.2 Å². The van der Waals surface area contributed by atoms with Crippen LogP contribution in [-0.4, -0.2) is 62.5 Å². The van der Waals surface area contributed by atoms with Gasteiger partial charge in [-0.1, -0.05) is 86.9 Å². The Balaban J connectivity index is 1.57. The summed E-state index contributed by atoms with van der Waals surface area (Å²) in [4.78, 5) is 33.9. The number of β-amino-alcohol motifs (C(OH)–C–C–N with tert-alkyl or cyclic N) is 1. The molecule has 9 heteroatoms. The molecule has 38 heavy (non-hydrogen) atoms. The summed E-state index contributed by atoms with van der Waals surface area (Å²) in [5, 5.41) is 16.9. The van der Waals surface area contributed by atoms with Gasteiger partial charge in [0, 0.05) is 19.5 Å². The number of hydrogen-bond donors (Lipinski definition) is 3. The SMILES string of the molecule is Cc1ncsc1-c1ccc(CNC(=O)[C@@H]2C[C@@H](O)CN2C(=O)[C@@H](NCCCCCCCI)C(C)(C)C)cc1. The predicted molar refractivity (Wildman–Crippen MR) is 163 cm³/mol. The fourth-order valence-electron chi connectivity index (χ4n) is 4.89. The Hall–Kier alpha value is -1.56. The Morgan fingerprint density at radius 3 is 2.47 bits per heavy atom. The fraction of sp³-hybridized carbons (Fsp3) is 0.621. The van der Waals surface area contributed by atoms with Crippen LogP contribution in [0.25, 0.3) is 10.4 Å². The van der Waals surface area contributed by atoms with E-state index >= 15 is 0 Å². The summed E-state index contributed by atoms with van der Waals surface area (Å²) in [5.74, 6) is -0.330. The van der Waals surface area contributed by atoms with Crippen LogP contribution < -0.4 is 10.6 Å². The highest BCUT2D eigenvalue weighted by molar-refractivity contribution is 14.1. The average Bonchev–Trinajstić information content (AvgIpc) is 3.49. The zero-order valence-electron chi connectivity index (χ0n) is 23.1. The lowest BCUT2D eigenvalue weighted by Gasteiger charge is -2.35. The summed E-state index contributed by atoms with van der Waals surface area (Å²) in [6.45, 7) is 9.45. The van der Waals surface area contributed by atoms with Crippen LogP contribution in [0.2, 0.25) is 0 Å². The summed E-state index contributed by atoms with van der Waals surface area (Å²) < 4.78 is 1.20. The van der Waals surface area contributed by atoms with Gasteiger partial charge in [0.05, 0.1) is 28.2 Å². The number of hydrogen-bond acceptors (Lipinski definition) is 6. The second kappa shape index (κ2) is 14.7. The molecule has 0 bridgehead atoms. The van der Waals surface area contributed by atoms with Crippen LogP contribution in [-0.2, 0) is 16.1 Å². The van der Waals surface area contributed by atoms with Gasteiger partial charge in [-0.15, -0.1) is 11.3 Å². The third kappa shape index (κ3) is 8.72. The number of amides is 2. The number of likely N-dealkylation sites (tertiary alicyclic amines) is 1. The lowest BCUT2D eigenvalue weighted by atomic mass is 9.85. The molecular weight excluding hydrogens is 611 g/mol. The third-order valence-corrected chi connectivity index (χ3v) is 8.81. The van der Waals surface area contributed by atoms with Gasteiger partial charge in [-0.25, -0.2) is 4.98 Å². The summed E-state index contributed by atoms with van der Waals surface area (Å²) >= 11 is 4.03. The molecule has 1 aromatic carbocycles. The molecule has 0 aliphatic carbocycles. The number of thiazole rings is 1. The summed E-state index contributed by atoms with van der Waals surface area (Å²) in [7, 11) is 0. The third-order valence-electron chi connectivity index (χ3n) is 7.06. The van der Waals surface area contributed by atoms with Gasteiger partial charge in [0.25, 0.3) is 0 Å². The smallest absolute Gasteiger partial charge is 0.243 e. The van der Waals surface area contributed by atoms with Crippen LogP contribution >= 0.6 is 33.9 Å².